The Kier molecular flexibility index (Phi) is 6.77. The first-order chi connectivity index (χ1) is 17.9. The van der Waals surface area contributed by atoms with Crippen LogP contribution in [-0.2, 0) is 18.0 Å². The minimum absolute atomic E-state index is 0.0635. The number of carbonyl (C=O) groups excluding carboxylic acids is 1. The Morgan fingerprint density at radius 2 is 1.78 bits per heavy atom. The van der Waals surface area contributed by atoms with Gasteiger partial charge in [-0.2, -0.15) is 0 Å². The number of Topliss-reactive ketones (excluding diaryl/α,β-unsaturated/α-hetero) is 1. The fourth-order valence-corrected chi connectivity index (χ4v) is 4.39. The standard InChI is InChI=1S/C30H27NO6/c1-30(14-13-29(33)34)17-27(32)25-12-11-24(16-28(25)37-30)35-18-20-5-4-7-23(15-20)36-19-22-10-9-21-6-2-3-8-26(21)31-22/h2-12,15-16H,13-14,17-19H2,1H3,(H,33,34). The third-order valence-corrected chi connectivity index (χ3v) is 6.36. The van der Waals surface area contributed by atoms with Gasteiger partial charge in [-0.3, -0.25) is 9.59 Å². The molecule has 3 aromatic carbocycles. The van der Waals surface area contributed by atoms with Crippen molar-refractivity contribution in [3.05, 3.63) is 95.7 Å². The first-order valence-corrected chi connectivity index (χ1v) is 12.1. The van der Waals surface area contributed by atoms with Crippen molar-refractivity contribution >= 4 is 22.7 Å². The van der Waals surface area contributed by atoms with Gasteiger partial charge in [-0.25, -0.2) is 4.98 Å². The van der Waals surface area contributed by atoms with Crippen molar-refractivity contribution in [3.63, 3.8) is 0 Å². The molecule has 1 atom stereocenters. The number of aliphatic carboxylic acids is 1. The van der Waals surface area contributed by atoms with Gasteiger partial charge in [0.25, 0.3) is 0 Å². The quantitative estimate of drug-likeness (QED) is 0.304. The number of fused-ring (bicyclic) bond motifs is 2. The number of carboxylic acid groups (broad SMARTS) is 1. The molecule has 1 N–H and O–H groups in total. The van der Waals surface area contributed by atoms with Crippen LogP contribution in [-0.4, -0.2) is 27.4 Å². The largest absolute Gasteiger partial charge is 0.489 e. The lowest BCUT2D eigenvalue weighted by Gasteiger charge is -2.34. The van der Waals surface area contributed by atoms with Gasteiger partial charge in [0.2, 0.25) is 0 Å². The summed E-state index contributed by atoms with van der Waals surface area (Å²) in [7, 11) is 0. The molecule has 0 saturated carbocycles. The maximum atomic E-state index is 12.6. The molecule has 0 radical (unpaired) electrons. The summed E-state index contributed by atoms with van der Waals surface area (Å²) in [5, 5.41) is 10.1. The van der Waals surface area contributed by atoms with E-state index in [-0.39, 0.29) is 25.0 Å². The van der Waals surface area contributed by atoms with E-state index >= 15 is 0 Å². The number of benzene rings is 3. The third kappa shape index (κ3) is 5.89. The fourth-order valence-electron chi connectivity index (χ4n) is 4.39. The van der Waals surface area contributed by atoms with Crippen LogP contribution in [0.1, 0.15) is 47.8 Å². The number of pyridine rings is 1. The summed E-state index contributed by atoms with van der Waals surface area (Å²) < 4.78 is 18.0. The molecule has 0 saturated heterocycles. The molecule has 7 nitrogen and oxygen atoms in total. The number of rotatable bonds is 9. The van der Waals surface area contributed by atoms with Crippen LogP contribution in [0.3, 0.4) is 0 Å². The van der Waals surface area contributed by atoms with Crippen molar-refractivity contribution in [2.75, 3.05) is 0 Å². The van der Waals surface area contributed by atoms with Gasteiger partial charge in [-0.05, 0) is 55.3 Å². The Labute approximate surface area is 214 Å². The van der Waals surface area contributed by atoms with Gasteiger partial charge in [0, 0.05) is 17.9 Å². The lowest BCUT2D eigenvalue weighted by atomic mass is 9.88. The van der Waals surface area contributed by atoms with E-state index in [1.165, 1.54) is 0 Å². The lowest BCUT2D eigenvalue weighted by molar-refractivity contribution is -0.138. The molecular weight excluding hydrogens is 470 g/mol. The van der Waals surface area contributed by atoms with Crippen LogP contribution in [0.15, 0.2) is 78.9 Å². The van der Waals surface area contributed by atoms with E-state index in [0.717, 1.165) is 22.2 Å². The molecule has 0 aliphatic carbocycles. The van der Waals surface area contributed by atoms with Crippen LogP contribution < -0.4 is 14.2 Å². The number of para-hydroxylation sites is 1. The molecule has 0 bridgehead atoms. The lowest BCUT2D eigenvalue weighted by Crippen LogP contribution is -2.39. The number of ketones is 1. The minimum Gasteiger partial charge on any atom is -0.489 e. The first-order valence-electron chi connectivity index (χ1n) is 12.1. The number of ether oxygens (including phenoxy) is 3. The van der Waals surface area contributed by atoms with E-state index < -0.39 is 11.6 Å². The van der Waals surface area contributed by atoms with Gasteiger partial charge in [-0.1, -0.05) is 36.4 Å². The fraction of sp³-hybridized carbons (Fsp3) is 0.233. The second-order valence-corrected chi connectivity index (χ2v) is 9.42. The number of carbonyl (C=O) groups is 2. The smallest absolute Gasteiger partial charge is 0.303 e. The van der Waals surface area contributed by atoms with Gasteiger partial charge in [0.15, 0.2) is 5.78 Å². The Hall–Kier alpha value is -4.39. The topological polar surface area (TPSA) is 95.0 Å². The average molecular weight is 498 g/mol. The van der Waals surface area contributed by atoms with Crippen LogP contribution in [0, 0.1) is 0 Å². The van der Waals surface area contributed by atoms with Gasteiger partial charge >= 0.3 is 5.97 Å². The second kappa shape index (κ2) is 10.3. The van der Waals surface area contributed by atoms with Crippen LogP contribution in [0.2, 0.25) is 0 Å². The summed E-state index contributed by atoms with van der Waals surface area (Å²) in [5.41, 5.74) is 2.33. The van der Waals surface area contributed by atoms with Crippen molar-refractivity contribution in [2.45, 2.75) is 45.0 Å². The molecule has 37 heavy (non-hydrogen) atoms. The van der Waals surface area contributed by atoms with E-state index in [2.05, 4.69) is 4.98 Å². The predicted octanol–water partition coefficient (Wildman–Crippen LogP) is 5.98. The number of hydrogen-bond acceptors (Lipinski definition) is 6. The highest BCUT2D eigenvalue weighted by molar-refractivity contribution is 6.00. The summed E-state index contributed by atoms with van der Waals surface area (Å²) in [6.45, 7) is 2.42. The van der Waals surface area contributed by atoms with E-state index in [1.807, 2.05) is 60.7 Å². The molecule has 0 amide bonds. The first kappa shape index (κ1) is 24.3. The molecule has 1 aliphatic rings. The highest BCUT2D eigenvalue weighted by Crippen LogP contribution is 2.38. The summed E-state index contributed by atoms with van der Waals surface area (Å²) in [5.74, 6) is 0.707. The van der Waals surface area contributed by atoms with E-state index in [4.69, 9.17) is 19.3 Å². The van der Waals surface area contributed by atoms with Gasteiger partial charge in [0.1, 0.15) is 36.1 Å². The molecule has 1 aromatic heterocycles. The van der Waals surface area contributed by atoms with Gasteiger partial charge in [-0.15, -0.1) is 0 Å². The normalized spacial score (nSPS) is 16.6. The molecule has 1 aliphatic heterocycles. The number of hydrogen-bond donors (Lipinski definition) is 1. The molecular formula is C30H27NO6. The van der Waals surface area contributed by atoms with Crippen LogP contribution in [0.5, 0.6) is 17.2 Å². The Morgan fingerprint density at radius 1 is 0.973 bits per heavy atom. The summed E-state index contributed by atoms with van der Waals surface area (Å²) in [6, 6.07) is 24.8. The van der Waals surface area contributed by atoms with E-state index in [0.29, 0.717) is 36.0 Å². The van der Waals surface area contributed by atoms with E-state index in [9.17, 15) is 9.59 Å². The third-order valence-electron chi connectivity index (χ3n) is 6.36. The zero-order valence-electron chi connectivity index (χ0n) is 20.5. The van der Waals surface area contributed by atoms with E-state index in [1.54, 1.807) is 25.1 Å². The summed E-state index contributed by atoms with van der Waals surface area (Å²) in [6.07, 6.45) is 0.333. The average Bonchev–Trinajstić information content (AvgIpc) is 2.89. The molecule has 188 valence electrons. The van der Waals surface area contributed by atoms with Crippen molar-refractivity contribution in [2.24, 2.45) is 0 Å². The van der Waals surface area contributed by atoms with Crippen molar-refractivity contribution in [1.82, 2.24) is 4.98 Å². The molecule has 7 heteroatoms. The Morgan fingerprint density at radius 3 is 2.65 bits per heavy atom. The number of aromatic nitrogens is 1. The van der Waals surface area contributed by atoms with Gasteiger partial charge in [0.05, 0.1) is 23.2 Å². The Bertz CT molecular complexity index is 1470. The predicted molar refractivity (Wildman–Crippen MR) is 138 cm³/mol. The van der Waals surface area contributed by atoms with Crippen LogP contribution in [0.25, 0.3) is 10.9 Å². The highest BCUT2D eigenvalue weighted by atomic mass is 16.5. The zero-order valence-corrected chi connectivity index (χ0v) is 20.5. The van der Waals surface area contributed by atoms with Gasteiger partial charge < -0.3 is 19.3 Å². The SMILES string of the molecule is CC1(CCC(=O)O)CC(=O)c2ccc(OCc3cccc(OCc4ccc5ccccc5n4)c3)cc2O1. The molecule has 0 fully saturated rings. The maximum Gasteiger partial charge on any atom is 0.303 e. The summed E-state index contributed by atoms with van der Waals surface area (Å²) in [4.78, 5) is 28.3. The zero-order chi connectivity index (χ0) is 25.8. The van der Waals surface area contributed by atoms with Crippen LogP contribution in [0.4, 0.5) is 0 Å². The molecule has 2 heterocycles. The maximum absolute atomic E-state index is 12.6. The highest BCUT2D eigenvalue weighted by Gasteiger charge is 2.37. The monoisotopic (exact) mass is 497 g/mol. The number of nitrogens with zero attached hydrogens (tertiary/aromatic N) is 1. The molecule has 1 unspecified atom stereocenters. The molecule has 4 aromatic rings. The molecule has 5 rings (SSSR count). The number of carboxylic acids is 1. The van der Waals surface area contributed by atoms with Crippen molar-refractivity contribution in [1.29, 1.82) is 0 Å². The van der Waals surface area contributed by atoms with Crippen molar-refractivity contribution in [3.8, 4) is 17.2 Å². The Balaban J connectivity index is 1.22. The second-order valence-electron chi connectivity index (χ2n) is 9.42. The molecule has 0 spiro atoms. The summed E-state index contributed by atoms with van der Waals surface area (Å²) >= 11 is 0. The van der Waals surface area contributed by atoms with Crippen molar-refractivity contribution < 1.29 is 28.9 Å². The van der Waals surface area contributed by atoms with Crippen LogP contribution >= 0.6 is 0 Å². The minimum atomic E-state index is -0.917.